The van der Waals surface area contributed by atoms with Crippen LogP contribution in [-0.4, -0.2) is 59.9 Å². The fourth-order valence-electron chi connectivity index (χ4n) is 3.22. The standard InChI is InChI=1S/C26H40N2O8/c1-24(2,3)21(30)33-14-16-17(35-22(31)25(4,5)6)18(36-23(32)26(7,8)9)20(34-16)28-12-10-11-15(13-28)19(27)29/h10,12-13,16-18,20H,11,14H2,1-9H3,(H2,27,29)/t16-,17-,18-,20-/m1/s1. The molecule has 0 radical (unpaired) electrons. The number of nitrogens with two attached hydrogens (primary N) is 1. The van der Waals surface area contributed by atoms with E-state index >= 15 is 0 Å². The number of rotatable bonds is 6. The van der Waals surface area contributed by atoms with E-state index in [1.807, 2.05) is 0 Å². The molecule has 0 aromatic carbocycles. The molecule has 0 aliphatic carbocycles. The first-order valence-electron chi connectivity index (χ1n) is 12.0. The summed E-state index contributed by atoms with van der Waals surface area (Å²) >= 11 is 0. The molecule has 4 atom stereocenters. The number of carbonyl (C=O) groups is 4. The summed E-state index contributed by atoms with van der Waals surface area (Å²) in [6.45, 7) is 15.1. The van der Waals surface area contributed by atoms with Gasteiger partial charge in [-0.15, -0.1) is 0 Å². The number of hydrogen-bond acceptors (Lipinski definition) is 9. The minimum Gasteiger partial charge on any atom is -0.462 e. The molecule has 1 saturated heterocycles. The summed E-state index contributed by atoms with van der Waals surface area (Å²) in [5, 5.41) is 0. The maximum Gasteiger partial charge on any atom is 0.311 e. The van der Waals surface area contributed by atoms with E-state index in [1.54, 1.807) is 79.5 Å². The maximum absolute atomic E-state index is 12.9. The molecule has 202 valence electrons. The largest absolute Gasteiger partial charge is 0.462 e. The Kier molecular flexibility index (Phi) is 8.66. The van der Waals surface area contributed by atoms with Crippen molar-refractivity contribution in [2.75, 3.05) is 6.61 Å². The summed E-state index contributed by atoms with van der Waals surface area (Å²) in [7, 11) is 0. The van der Waals surface area contributed by atoms with Gasteiger partial charge in [-0.3, -0.25) is 19.2 Å². The highest BCUT2D eigenvalue weighted by molar-refractivity contribution is 5.92. The van der Waals surface area contributed by atoms with E-state index in [-0.39, 0.29) is 6.61 Å². The van der Waals surface area contributed by atoms with Crippen molar-refractivity contribution in [3.05, 3.63) is 24.0 Å². The van der Waals surface area contributed by atoms with Gasteiger partial charge in [-0.2, -0.15) is 0 Å². The van der Waals surface area contributed by atoms with Crippen molar-refractivity contribution in [3.63, 3.8) is 0 Å². The van der Waals surface area contributed by atoms with Crippen LogP contribution in [-0.2, 0) is 38.1 Å². The van der Waals surface area contributed by atoms with E-state index in [9.17, 15) is 19.2 Å². The Morgan fingerprint density at radius 1 is 0.889 bits per heavy atom. The first-order chi connectivity index (χ1) is 16.3. The Labute approximate surface area is 213 Å². The van der Waals surface area contributed by atoms with E-state index in [1.165, 1.54) is 6.20 Å². The number of amides is 1. The van der Waals surface area contributed by atoms with Crippen molar-refractivity contribution >= 4 is 23.8 Å². The molecule has 2 rings (SSSR count). The summed E-state index contributed by atoms with van der Waals surface area (Å²) in [4.78, 5) is 51.6. The molecule has 0 spiro atoms. The quantitative estimate of drug-likeness (QED) is 0.424. The Bertz CT molecular complexity index is 933. The van der Waals surface area contributed by atoms with Crippen LogP contribution in [0.1, 0.15) is 68.7 Å². The first-order valence-corrected chi connectivity index (χ1v) is 12.0. The Morgan fingerprint density at radius 2 is 1.39 bits per heavy atom. The number of nitrogens with zero attached hydrogens (tertiary/aromatic N) is 1. The minimum absolute atomic E-state index is 0.234. The number of esters is 3. The van der Waals surface area contributed by atoms with Crippen molar-refractivity contribution in [2.24, 2.45) is 22.0 Å². The van der Waals surface area contributed by atoms with Gasteiger partial charge in [0.25, 0.3) is 0 Å². The summed E-state index contributed by atoms with van der Waals surface area (Å²) < 4.78 is 23.4. The summed E-state index contributed by atoms with van der Waals surface area (Å²) in [5.41, 5.74) is 3.33. The molecule has 2 aliphatic heterocycles. The molecular weight excluding hydrogens is 468 g/mol. The van der Waals surface area contributed by atoms with Crippen LogP contribution in [0.15, 0.2) is 24.0 Å². The van der Waals surface area contributed by atoms with E-state index in [0.717, 1.165) is 0 Å². The number of allylic oxidation sites excluding steroid dienone is 1. The normalized spacial score (nSPS) is 24.7. The Hall–Kier alpha value is -2.88. The van der Waals surface area contributed by atoms with Crippen molar-refractivity contribution in [2.45, 2.75) is 93.3 Å². The van der Waals surface area contributed by atoms with Gasteiger partial charge in [0.2, 0.25) is 5.91 Å². The van der Waals surface area contributed by atoms with Gasteiger partial charge in [-0.1, -0.05) is 6.08 Å². The lowest BCUT2D eigenvalue weighted by molar-refractivity contribution is -0.179. The van der Waals surface area contributed by atoms with Gasteiger partial charge in [0, 0.05) is 18.0 Å². The van der Waals surface area contributed by atoms with Crippen LogP contribution in [0.3, 0.4) is 0 Å². The number of primary amides is 1. The average molecular weight is 509 g/mol. The highest BCUT2D eigenvalue weighted by Crippen LogP contribution is 2.35. The fourth-order valence-corrected chi connectivity index (χ4v) is 3.22. The van der Waals surface area contributed by atoms with Crippen LogP contribution in [0, 0.1) is 16.2 Å². The molecule has 0 aromatic rings. The van der Waals surface area contributed by atoms with Crippen molar-refractivity contribution < 1.29 is 38.1 Å². The lowest BCUT2D eigenvalue weighted by atomic mass is 9.96. The van der Waals surface area contributed by atoms with Gasteiger partial charge in [-0.25, -0.2) is 0 Å². The molecule has 0 aromatic heterocycles. The van der Waals surface area contributed by atoms with E-state index in [0.29, 0.717) is 12.0 Å². The molecule has 0 saturated carbocycles. The zero-order chi connectivity index (χ0) is 27.6. The van der Waals surface area contributed by atoms with Gasteiger partial charge in [-0.05, 0) is 68.7 Å². The van der Waals surface area contributed by atoms with Gasteiger partial charge >= 0.3 is 17.9 Å². The lowest BCUT2D eigenvalue weighted by Gasteiger charge is -2.33. The maximum atomic E-state index is 12.9. The predicted molar refractivity (Wildman–Crippen MR) is 131 cm³/mol. The molecule has 36 heavy (non-hydrogen) atoms. The van der Waals surface area contributed by atoms with E-state index in [4.69, 9.17) is 24.7 Å². The molecule has 10 nitrogen and oxygen atoms in total. The van der Waals surface area contributed by atoms with Gasteiger partial charge < -0.3 is 29.6 Å². The number of carbonyl (C=O) groups excluding carboxylic acids is 4. The van der Waals surface area contributed by atoms with Crippen LogP contribution < -0.4 is 5.73 Å². The zero-order valence-electron chi connectivity index (χ0n) is 22.7. The molecule has 1 amide bonds. The minimum atomic E-state index is -1.09. The first kappa shape index (κ1) is 29.4. The van der Waals surface area contributed by atoms with Crippen molar-refractivity contribution in [1.29, 1.82) is 0 Å². The van der Waals surface area contributed by atoms with Crippen LogP contribution in [0.4, 0.5) is 0 Å². The third-order valence-electron chi connectivity index (χ3n) is 5.52. The smallest absolute Gasteiger partial charge is 0.311 e. The lowest BCUT2D eigenvalue weighted by Crippen LogP contribution is -2.47. The fraction of sp³-hybridized carbons (Fsp3) is 0.692. The zero-order valence-corrected chi connectivity index (χ0v) is 22.7. The molecule has 0 unspecified atom stereocenters. The summed E-state index contributed by atoms with van der Waals surface area (Å²) in [6.07, 6.45) is 1.15. The average Bonchev–Trinajstić information content (AvgIpc) is 3.07. The molecule has 1 fully saturated rings. The molecule has 0 bridgehead atoms. The third kappa shape index (κ3) is 7.32. The van der Waals surface area contributed by atoms with E-state index in [2.05, 4.69) is 0 Å². The second-order valence-electron chi connectivity index (χ2n) is 12.2. The molecule has 2 N–H and O–H groups in total. The van der Waals surface area contributed by atoms with E-state index < -0.39 is 64.6 Å². The molecule has 10 heteroatoms. The third-order valence-corrected chi connectivity index (χ3v) is 5.52. The Balaban J connectivity index is 2.48. The topological polar surface area (TPSA) is 134 Å². The van der Waals surface area contributed by atoms with Crippen LogP contribution in [0.5, 0.6) is 0 Å². The number of ether oxygens (including phenoxy) is 4. The predicted octanol–water partition coefficient (Wildman–Crippen LogP) is 2.81. The van der Waals surface area contributed by atoms with Crippen molar-refractivity contribution in [1.82, 2.24) is 4.90 Å². The highest BCUT2D eigenvalue weighted by atomic mass is 16.7. The number of hydrogen-bond donors (Lipinski definition) is 1. The molecule has 2 heterocycles. The summed E-state index contributed by atoms with van der Waals surface area (Å²) in [6, 6.07) is 0. The van der Waals surface area contributed by atoms with Gasteiger partial charge in [0.05, 0.1) is 16.2 Å². The summed E-state index contributed by atoms with van der Waals surface area (Å²) in [5.74, 6) is -2.14. The molecular formula is C26H40N2O8. The second kappa shape index (κ2) is 10.6. The SMILES string of the molecule is CC(C)(C)C(=O)OC[C@H]1O[C@@H](N2C=CCC(C(N)=O)=C2)[C@H](OC(=O)C(C)(C)C)[C@@H]1OC(=O)C(C)(C)C. The van der Waals surface area contributed by atoms with Crippen LogP contribution in [0.2, 0.25) is 0 Å². The van der Waals surface area contributed by atoms with Crippen LogP contribution >= 0.6 is 0 Å². The molecule has 2 aliphatic rings. The van der Waals surface area contributed by atoms with Gasteiger partial charge in [0.1, 0.15) is 12.7 Å². The van der Waals surface area contributed by atoms with Gasteiger partial charge in [0.15, 0.2) is 18.4 Å². The Morgan fingerprint density at radius 3 is 1.86 bits per heavy atom. The highest BCUT2D eigenvalue weighted by Gasteiger charge is 2.53. The van der Waals surface area contributed by atoms with Crippen LogP contribution in [0.25, 0.3) is 0 Å². The monoisotopic (exact) mass is 508 g/mol. The van der Waals surface area contributed by atoms with Crippen molar-refractivity contribution in [3.8, 4) is 0 Å². The second-order valence-corrected chi connectivity index (χ2v) is 12.2.